The van der Waals surface area contributed by atoms with E-state index in [-0.39, 0.29) is 5.69 Å². The van der Waals surface area contributed by atoms with Crippen LogP contribution in [0.25, 0.3) is 5.69 Å². The molecule has 6 heteroatoms. The number of carbonyl (C=O) groups excluding carboxylic acids is 1. The van der Waals surface area contributed by atoms with Crippen molar-refractivity contribution < 1.29 is 14.3 Å². The van der Waals surface area contributed by atoms with Gasteiger partial charge in [0, 0.05) is 11.8 Å². The summed E-state index contributed by atoms with van der Waals surface area (Å²) in [6, 6.07) is 7.18. The Morgan fingerprint density at radius 2 is 1.95 bits per heavy atom. The molecule has 110 valence electrons. The van der Waals surface area contributed by atoms with Gasteiger partial charge in [-0.25, -0.2) is 9.48 Å². The third kappa shape index (κ3) is 3.10. The summed E-state index contributed by atoms with van der Waals surface area (Å²) in [5.41, 5.74) is 0.474. The van der Waals surface area contributed by atoms with E-state index in [1.54, 1.807) is 37.4 Å². The van der Waals surface area contributed by atoms with E-state index in [1.165, 1.54) is 11.8 Å². The lowest BCUT2D eigenvalue weighted by Gasteiger charge is -2.09. The second-order valence-electron chi connectivity index (χ2n) is 4.35. The minimum absolute atomic E-state index is 0.230. The first-order valence-electron chi connectivity index (χ1n) is 6.49. The van der Waals surface area contributed by atoms with E-state index in [2.05, 4.69) is 9.84 Å². The van der Waals surface area contributed by atoms with Crippen LogP contribution in [-0.2, 0) is 4.74 Å². The van der Waals surface area contributed by atoms with Crippen molar-refractivity contribution in [3.63, 3.8) is 0 Å². The Bertz CT molecular complexity index is 705. The molecule has 6 nitrogen and oxygen atoms in total. The van der Waals surface area contributed by atoms with Gasteiger partial charge in [-0.2, -0.15) is 5.10 Å². The van der Waals surface area contributed by atoms with Gasteiger partial charge in [0.2, 0.25) is 11.1 Å². The van der Waals surface area contributed by atoms with Crippen molar-refractivity contribution in [1.82, 2.24) is 9.78 Å². The van der Waals surface area contributed by atoms with Gasteiger partial charge in [0.25, 0.3) is 0 Å². The summed E-state index contributed by atoms with van der Waals surface area (Å²) < 4.78 is 11.4. The molecule has 0 aliphatic carbocycles. The first kappa shape index (κ1) is 14.8. The van der Waals surface area contributed by atoms with Crippen LogP contribution in [0.2, 0.25) is 0 Å². The number of esters is 1. The largest absolute Gasteiger partial charge is 0.494 e. The number of ether oxygens (including phenoxy) is 2. The van der Waals surface area contributed by atoms with Gasteiger partial charge in [-0.15, -0.1) is 0 Å². The molecular formula is C15H16N2O4. The second kappa shape index (κ2) is 6.21. The first-order valence-corrected chi connectivity index (χ1v) is 6.49. The Balaban J connectivity index is 2.46. The Labute approximate surface area is 121 Å². The van der Waals surface area contributed by atoms with Gasteiger partial charge >= 0.3 is 5.97 Å². The first-order chi connectivity index (χ1) is 10.1. The highest BCUT2D eigenvalue weighted by Crippen LogP contribution is 2.14. The highest BCUT2D eigenvalue weighted by atomic mass is 16.5. The number of nitrogens with zero attached hydrogens (tertiary/aromatic N) is 2. The number of aromatic nitrogens is 2. The number of rotatable bonds is 4. The van der Waals surface area contributed by atoms with Crippen LogP contribution in [0.1, 0.15) is 23.0 Å². The van der Waals surface area contributed by atoms with Gasteiger partial charge in [-0.3, -0.25) is 4.79 Å². The van der Waals surface area contributed by atoms with Crippen LogP contribution in [0.3, 0.4) is 0 Å². The number of methoxy groups -OCH3 is 1. The minimum Gasteiger partial charge on any atom is -0.494 e. The van der Waals surface area contributed by atoms with Crippen molar-refractivity contribution >= 4 is 5.97 Å². The molecule has 0 atom stereocenters. The Morgan fingerprint density at radius 1 is 1.29 bits per heavy atom. The smallest absolute Gasteiger partial charge is 0.362 e. The van der Waals surface area contributed by atoms with Crippen molar-refractivity contribution in [2.45, 2.75) is 13.8 Å². The third-order valence-corrected chi connectivity index (χ3v) is 2.89. The molecule has 0 amide bonds. The number of carbonyl (C=O) groups is 1. The van der Waals surface area contributed by atoms with Crippen molar-refractivity contribution in [3.8, 4) is 11.4 Å². The van der Waals surface area contributed by atoms with Gasteiger partial charge in [0.05, 0.1) is 19.4 Å². The van der Waals surface area contributed by atoms with Crippen LogP contribution >= 0.6 is 0 Å². The molecule has 0 N–H and O–H groups in total. The van der Waals surface area contributed by atoms with Crippen molar-refractivity contribution in [2.75, 3.05) is 13.7 Å². The van der Waals surface area contributed by atoms with Crippen LogP contribution in [0, 0.1) is 6.92 Å². The van der Waals surface area contributed by atoms with Crippen LogP contribution < -0.4 is 10.2 Å². The molecule has 0 saturated carbocycles. The molecule has 0 saturated heterocycles. The zero-order chi connectivity index (χ0) is 15.4. The number of aryl methyl sites for hydroxylation is 1. The van der Waals surface area contributed by atoms with E-state index in [9.17, 15) is 9.59 Å². The Hall–Kier alpha value is -2.63. The molecule has 1 aromatic heterocycles. The van der Waals surface area contributed by atoms with Gasteiger partial charge in [0.15, 0.2) is 0 Å². The standard InChI is InChI=1S/C15H16N2O4/c1-4-21-12-7-5-11(6-8-12)17-9-10(2)14(18)13(16-17)15(19)20-3/h5-9H,4H2,1-3H3. The third-order valence-electron chi connectivity index (χ3n) is 2.89. The SMILES string of the molecule is CCOc1ccc(-n2cc(C)c(=O)c(C(=O)OC)n2)cc1. The summed E-state index contributed by atoms with van der Waals surface area (Å²) in [7, 11) is 1.22. The zero-order valence-electron chi connectivity index (χ0n) is 12.1. The molecule has 0 bridgehead atoms. The van der Waals surface area contributed by atoms with Gasteiger partial charge in [0.1, 0.15) is 5.75 Å². The molecule has 2 aromatic rings. The predicted octanol–water partition coefficient (Wildman–Crippen LogP) is 1.73. The van der Waals surface area contributed by atoms with Crippen LogP contribution in [0.4, 0.5) is 0 Å². The lowest BCUT2D eigenvalue weighted by Crippen LogP contribution is -2.24. The maximum absolute atomic E-state index is 11.9. The van der Waals surface area contributed by atoms with Crippen LogP contribution in [-0.4, -0.2) is 29.5 Å². The van der Waals surface area contributed by atoms with E-state index >= 15 is 0 Å². The highest BCUT2D eigenvalue weighted by Gasteiger charge is 2.16. The summed E-state index contributed by atoms with van der Waals surface area (Å²) in [4.78, 5) is 23.5. The number of benzene rings is 1. The minimum atomic E-state index is -0.747. The zero-order valence-corrected chi connectivity index (χ0v) is 12.1. The molecule has 0 fully saturated rings. The van der Waals surface area contributed by atoms with Gasteiger partial charge < -0.3 is 9.47 Å². The average Bonchev–Trinajstić information content (AvgIpc) is 2.50. The topological polar surface area (TPSA) is 70.4 Å². The fraction of sp³-hybridized carbons (Fsp3) is 0.267. The number of hydrogen-bond acceptors (Lipinski definition) is 5. The maximum atomic E-state index is 11.9. The fourth-order valence-corrected chi connectivity index (χ4v) is 1.84. The molecule has 21 heavy (non-hydrogen) atoms. The average molecular weight is 288 g/mol. The van der Waals surface area contributed by atoms with Crippen molar-refractivity contribution in [1.29, 1.82) is 0 Å². The summed E-state index contributed by atoms with van der Waals surface area (Å²) in [6.07, 6.45) is 1.57. The molecule has 0 aliphatic rings. The normalized spacial score (nSPS) is 10.2. The highest BCUT2D eigenvalue weighted by molar-refractivity contribution is 5.87. The molecule has 0 spiro atoms. The van der Waals surface area contributed by atoms with Gasteiger partial charge in [-0.05, 0) is 38.1 Å². The molecule has 0 aliphatic heterocycles. The molecule has 1 aromatic carbocycles. The van der Waals surface area contributed by atoms with E-state index in [4.69, 9.17) is 4.74 Å². The molecule has 0 radical (unpaired) electrons. The van der Waals surface area contributed by atoms with E-state index in [0.717, 1.165) is 5.75 Å². The Morgan fingerprint density at radius 3 is 2.52 bits per heavy atom. The maximum Gasteiger partial charge on any atom is 0.362 e. The quantitative estimate of drug-likeness (QED) is 0.801. The van der Waals surface area contributed by atoms with Crippen molar-refractivity contribution in [2.24, 2.45) is 0 Å². The van der Waals surface area contributed by atoms with Gasteiger partial charge in [-0.1, -0.05) is 0 Å². The van der Waals surface area contributed by atoms with Crippen molar-refractivity contribution in [3.05, 3.63) is 51.9 Å². The van der Waals surface area contributed by atoms with E-state index in [1.807, 2.05) is 6.92 Å². The summed E-state index contributed by atoms with van der Waals surface area (Å²) in [6.45, 7) is 4.12. The molecule has 0 unspecified atom stereocenters. The lowest BCUT2D eigenvalue weighted by atomic mass is 10.2. The molecule has 2 rings (SSSR count). The summed E-state index contributed by atoms with van der Waals surface area (Å²) in [5.74, 6) is -0.00408. The van der Waals surface area contributed by atoms with E-state index in [0.29, 0.717) is 17.9 Å². The molecule has 1 heterocycles. The van der Waals surface area contributed by atoms with Crippen LogP contribution in [0.5, 0.6) is 5.75 Å². The summed E-state index contributed by atoms with van der Waals surface area (Å²) in [5, 5.41) is 4.04. The second-order valence-corrected chi connectivity index (χ2v) is 4.35. The summed E-state index contributed by atoms with van der Waals surface area (Å²) >= 11 is 0. The Kier molecular flexibility index (Phi) is 4.37. The lowest BCUT2D eigenvalue weighted by molar-refractivity contribution is 0.0590. The number of hydrogen-bond donors (Lipinski definition) is 0. The monoisotopic (exact) mass is 288 g/mol. The van der Waals surface area contributed by atoms with E-state index < -0.39 is 11.4 Å². The van der Waals surface area contributed by atoms with Crippen LogP contribution in [0.15, 0.2) is 35.3 Å². The fourth-order valence-electron chi connectivity index (χ4n) is 1.84. The molecular weight excluding hydrogens is 272 g/mol. The predicted molar refractivity (Wildman–Crippen MR) is 77.1 cm³/mol.